The van der Waals surface area contributed by atoms with E-state index in [1.54, 1.807) is 32.4 Å². The number of nitrogens with one attached hydrogen (secondary N) is 3. The normalized spacial score (nSPS) is 10.2. The van der Waals surface area contributed by atoms with Gasteiger partial charge in [-0.05, 0) is 42.3 Å². The zero-order chi connectivity index (χ0) is 20.2. The zero-order valence-electron chi connectivity index (χ0n) is 16.3. The Balaban J connectivity index is 1.76. The van der Waals surface area contributed by atoms with Gasteiger partial charge in [-0.25, -0.2) is 0 Å². The summed E-state index contributed by atoms with van der Waals surface area (Å²) in [5, 5.41) is 8.73. The molecule has 0 saturated carbocycles. The Morgan fingerprint density at radius 3 is 2.50 bits per heavy atom. The van der Waals surface area contributed by atoms with E-state index in [0.717, 1.165) is 17.7 Å². The fraction of sp³-hybridized carbons (Fsp3) is 0.333. The van der Waals surface area contributed by atoms with Crippen LogP contribution in [0.15, 0.2) is 48.5 Å². The van der Waals surface area contributed by atoms with Crippen LogP contribution in [0.3, 0.4) is 0 Å². The van der Waals surface area contributed by atoms with Gasteiger partial charge in [0.15, 0.2) is 0 Å². The van der Waals surface area contributed by atoms with Crippen LogP contribution >= 0.6 is 0 Å². The number of ether oxygens (including phenoxy) is 2. The summed E-state index contributed by atoms with van der Waals surface area (Å²) in [4.78, 5) is 24.2. The Morgan fingerprint density at radius 2 is 1.79 bits per heavy atom. The van der Waals surface area contributed by atoms with E-state index >= 15 is 0 Å². The van der Waals surface area contributed by atoms with E-state index in [4.69, 9.17) is 9.47 Å². The Morgan fingerprint density at radius 1 is 1.00 bits per heavy atom. The molecule has 0 bridgehead atoms. The van der Waals surface area contributed by atoms with Crippen LogP contribution in [0.2, 0.25) is 0 Å². The number of hydrogen-bond acceptors (Lipinski definition) is 5. The molecule has 0 aromatic heterocycles. The molecule has 0 radical (unpaired) electrons. The van der Waals surface area contributed by atoms with Crippen molar-refractivity contribution in [2.45, 2.75) is 13.0 Å². The number of carbonyl (C=O) groups is 2. The molecule has 0 atom stereocenters. The first-order valence-electron chi connectivity index (χ1n) is 9.13. The molecular formula is C21H27N3O4. The number of anilines is 1. The van der Waals surface area contributed by atoms with E-state index in [0.29, 0.717) is 30.9 Å². The summed E-state index contributed by atoms with van der Waals surface area (Å²) in [6.45, 7) is 1.72. The second kappa shape index (κ2) is 11.6. The van der Waals surface area contributed by atoms with Crippen molar-refractivity contribution in [1.82, 2.24) is 10.6 Å². The van der Waals surface area contributed by atoms with Crippen LogP contribution in [0.5, 0.6) is 5.75 Å². The van der Waals surface area contributed by atoms with E-state index in [-0.39, 0.29) is 18.4 Å². The molecule has 0 saturated heterocycles. The Hall–Kier alpha value is -3.06. The minimum absolute atomic E-state index is 0.120. The molecule has 7 heteroatoms. The molecule has 0 spiro atoms. The van der Waals surface area contributed by atoms with Crippen LogP contribution in [0, 0.1) is 0 Å². The fourth-order valence-electron chi connectivity index (χ4n) is 2.48. The summed E-state index contributed by atoms with van der Waals surface area (Å²) in [7, 11) is 3.24. The summed E-state index contributed by atoms with van der Waals surface area (Å²) >= 11 is 0. The second-order valence-corrected chi connectivity index (χ2v) is 6.16. The number of benzene rings is 2. The third-order valence-corrected chi connectivity index (χ3v) is 4.04. The summed E-state index contributed by atoms with van der Waals surface area (Å²) in [5.74, 6) is 0.494. The van der Waals surface area contributed by atoms with Gasteiger partial charge in [0.2, 0.25) is 5.91 Å². The maximum atomic E-state index is 12.1. The highest BCUT2D eigenvalue weighted by Crippen LogP contribution is 2.12. The van der Waals surface area contributed by atoms with Crippen LogP contribution in [0.4, 0.5) is 5.69 Å². The molecular weight excluding hydrogens is 358 g/mol. The molecule has 2 aromatic rings. The molecule has 2 amide bonds. The highest BCUT2D eigenvalue weighted by Gasteiger charge is 2.07. The Kier molecular flexibility index (Phi) is 8.81. The third kappa shape index (κ3) is 7.28. The van der Waals surface area contributed by atoms with Crippen molar-refractivity contribution < 1.29 is 19.1 Å². The van der Waals surface area contributed by atoms with Crippen molar-refractivity contribution in [3.05, 3.63) is 59.7 Å². The summed E-state index contributed by atoms with van der Waals surface area (Å²) in [6.07, 6.45) is 0.758. The van der Waals surface area contributed by atoms with Gasteiger partial charge in [0.05, 0.1) is 13.7 Å². The van der Waals surface area contributed by atoms with Crippen molar-refractivity contribution in [3.8, 4) is 5.75 Å². The summed E-state index contributed by atoms with van der Waals surface area (Å²) < 4.78 is 10.1. The van der Waals surface area contributed by atoms with Gasteiger partial charge >= 0.3 is 0 Å². The first-order valence-corrected chi connectivity index (χ1v) is 9.13. The van der Waals surface area contributed by atoms with Gasteiger partial charge in [0.1, 0.15) is 5.75 Å². The Bertz CT molecular complexity index is 763. The van der Waals surface area contributed by atoms with Crippen molar-refractivity contribution in [2.24, 2.45) is 0 Å². The van der Waals surface area contributed by atoms with Crippen LogP contribution in [-0.2, 0) is 16.1 Å². The Labute approximate surface area is 165 Å². The molecule has 0 fully saturated rings. The van der Waals surface area contributed by atoms with Gasteiger partial charge in [-0.2, -0.15) is 0 Å². The predicted octanol–water partition coefficient (Wildman–Crippen LogP) is 2.19. The van der Waals surface area contributed by atoms with Gasteiger partial charge in [-0.15, -0.1) is 0 Å². The van der Waals surface area contributed by atoms with Gasteiger partial charge in [-0.1, -0.05) is 18.2 Å². The van der Waals surface area contributed by atoms with E-state index in [9.17, 15) is 9.59 Å². The van der Waals surface area contributed by atoms with Gasteiger partial charge < -0.3 is 25.4 Å². The monoisotopic (exact) mass is 385 g/mol. The summed E-state index contributed by atoms with van der Waals surface area (Å²) in [6, 6.07) is 14.6. The van der Waals surface area contributed by atoms with E-state index in [1.807, 2.05) is 30.3 Å². The maximum absolute atomic E-state index is 12.1. The third-order valence-electron chi connectivity index (χ3n) is 4.04. The number of rotatable bonds is 11. The molecule has 3 N–H and O–H groups in total. The van der Waals surface area contributed by atoms with E-state index in [1.165, 1.54) is 0 Å². The minimum Gasteiger partial charge on any atom is -0.497 e. The molecule has 7 nitrogen and oxygen atoms in total. The molecule has 0 aliphatic heterocycles. The number of carbonyl (C=O) groups excluding carboxylic acids is 2. The number of hydrogen-bond donors (Lipinski definition) is 3. The smallest absolute Gasteiger partial charge is 0.251 e. The SMILES string of the molecule is COCCCNC(=O)c1cccc(NCC(=O)NCc2ccc(OC)cc2)c1. The van der Waals surface area contributed by atoms with Gasteiger partial charge in [0.25, 0.3) is 5.91 Å². The largest absolute Gasteiger partial charge is 0.497 e. The average molecular weight is 385 g/mol. The highest BCUT2D eigenvalue weighted by molar-refractivity contribution is 5.95. The van der Waals surface area contributed by atoms with Crippen molar-refractivity contribution in [1.29, 1.82) is 0 Å². The molecule has 0 heterocycles. The molecule has 150 valence electrons. The molecule has 2 rings (SSSR count). The quantitative estimate of drug-likeness (QED) is 0.516. The van der Waals surface area contributed by atoms with Crippen molar-refractivity contribution in [2.75, 3.05) is 39.2 Å². The number of amides is 2. The summed E-state index contributed by atoms with van der Waals surface area (Å²) in [5.41, 5.74) is 2.24. The fourth-order valence-corrected chi connectivity index (χ4v) is 2.48. The van der Waals surface area contributed by atoms with Crippen LogP contribution in [-0.4, -0.2) is 45.7 Å². The van der Waals surface area contributed by atoms with E-state index < -0.39 is 0 Å². The van der Waals surface area contributed by atoms with Crippen LogP contribution < -0.4 is 20.7 Å². The maximum Gasteiger partial charge on any atom is 0.251 e. The van der Waals surface area contributed by atoms with Crippen LogP contribution in [0.25, 0.3) is 0 Å². The first kappa shape index (κ1) is 21.2. The van der Waals surface area contributed by atoms with Gasteiger partial charge in [-0.3, -0.25) is 9.59 Å². The molecule has 0 aliphatic rings. The first-order chi connectivity index (χ1) is 13.6. The molecule has 2 aromatic carbocycles. The molecule has 0 unspecified atom stereocenters. The van der Waals surface area contributed by atoms with E-state index in [2.05, 4.69) is 16.0 Å². The average Bonchev–Trinajstić information content (AvgIpc) is 2.74. The zero-order valence-corrected chi connectivity index (χ0v) is 16.3. The number of methoxy groups -OCH3 is 2. The predicted molar refractivity (Wildman–Crippen MR) is 109 cm³/mol. The van der Waals surface area contributed by atoms with Gasteiger partial charge in [0, 0.05) is 38.1 Å². The molecule has 28 heavy (non-hydrogen) atoms. The topological polar surface area (TPSA) is 88.7 Å². The standard InChI is InChI=1S/C21H27N3O4/c1-27-12-4-11-22-21(26)17-5-3-6-18(13-17)23-15-20(25)24-14-16-7-9-19(28-2)10-8-16/h3,5-10,13,23H,4,11-12,14-15H2,1-2H3,(H,22,26)(H,24,25). The lowest BCUT2D eigenvalue weighted by atomic mass is 10.2. The lowest BCUT2D eigenvalue weighted by Crippen LogP contribution is -2.29. The van der Waals surface area contributed by atoms with Crippen molar-refractivity contribution >= 4 is 17.5 Å². The minimum atomic E-state index is -0.149. The molecule has 0 aliphatic carbocycles. The second-order valence-electron chi connectivity index (χ2n) is 6.16. The lowest BCUT2D eigenvalue weighted by molar-refractivity contribution is -0.119. The highest BCUT2D eigenvalue weighted by atomic mass is 16.5. The van der Waals surface area contributed by atoms with Crippen molar-refractivity contribution in [3.63, 3.8) is 0 Å². The lowest BCUT2D eigenvalue weighted by Gasteiger charge is -2.10. The van der Waals surface area contributed by atoms with Crippen LogP contribution in [0.1, 0.15) is 22.3 Å².